The van der Waals surface area contributed by atoms with Gasteiger partial charge in [0.25, 0.3) is 5.91 Å². The Bertz CT molecular complexity index is 400. The molecule has 1 saturated heterocycles. The molecule has 1 amide bonds. The van der Waals surface area contributed by atoms with Crippen molar-refractivity contribution in [3.05, 3.63) is 17.5 Å². The van der Waals surface area contributed by atoms with Gasteiger partial charge in [0.05, 0.1) is 5.69 Å². The van der Waals surface area contributed by atoms with Gasteiger partial charge in [-0.15, -0.1) is 0 Å². The van der Waals surface area contributed by atoms with Gasteiger partial charge in [0.2, 0.25) is 5.76 Å². The number of amides is 1. The van der Waals surface area contributed by atoms with Gasteiger partial charge in [-0.25, -0.2) is 0 Å². The van der Waals surface area contributed by atoms with Crippen LogP contribution in [0.15, 0.2) is 10.6 Å². The van der Waals surface area contributed by atoms with E-state index in [1.165, 1.54) is 0 Å². The smallest absolute Gasteiger partial charge is 0.292 e. The Balaban J connectivity index is 2.04. The van der Waals surface area contributed by atoms with Crippen LogP contribution in [0.3, 0.4) is 0 Å². The van der Waals surface area contributed by atoms with Crippen LogP contribution in [0.5, 0.6) is 0 Å². The Kier molecular flexibility index (Phi) is 3.47. The van der Waals surface area contributed by atoms with Gasteiger partial charge in [0.15, 0.2) is 0 Å². The molecule has 5 nitrogen and oxygen atoms in total. The monoisotopic (exact) mass is 237 g/mol. The highest BCUT2D eigenvalue weighted by Crippen LogP contribution is 2.20. The van der Waals surface area contributed by atoms with Crippen LogP contribution < -0.4 is 5.73 Å². The Labute approximate surface area is 101 Å². The molecule has 94 valence electrons. The molecule has 1 aromatic rings. The topological polar surface area (TPSA) is 72.4 Å². The second-order valence-corrected chi connectivity index (χ2v) is 4.85. The lowest BCUT2D eigenvalue weighted by Gasteiger charge is -2.34. The first kappa shape index (κ1) is 12.1. The van der Waals surface area contributed by atoms with Gasteiger partial charge >= 0.3 is 0 Å². The maximum absolute atomic E-state index is 12.1. The Morgan fingerprint density at radius 1 is 1.71 bits per heavy atom. The number of likely N-dealkylation sites (tertiary alicyclic amines) is 1. The molecule has 0 saturated carbocycles. The lowest BCUT2D eigenvalue weighted by Crippen LogP contribution is -2.44. The van der Waals surface area contributed by atoms with Crippen molar-refractivity contribution in [1.29, 1.82) is 0 Å². The van der Waals surface area contributed by atoms with Crippen molar-refractivity contribution in [2.45, 2.75) is 32.7 Å². The Morgan fingerprint density at radius 2 is 2.47 bits per heavy atom. The van der Waals surface area contributed by atoms with E-state index in [1.54, 1.807) is 13.0 Å². The molecule has 5 heteroatoms. The lowest BCUT2D eigenvalue weighted by molar-refractivity contribution is 0.0619. The summed E-state index contributed by atoms with van der Waals surface area (Å²) in [7, 11) is 0. The van der Waals surface area contributed by atoms with Crippen LogP contribution >= 0.6 is 0 Å². The number of nitrogens with zero attached hydrogens (tertiary/aromatic N) is 2. The Hall–Kier alpha value is -1.36. The number of aromatic nitrogens is 1. The molecule has 2 atom stereocenters. The van der Waals surface area contributed by atoms with Crippen molar-refractivity contribution in [1.82, 2.24) is 10.1 Å². The van der Waals surface area contributed by atoms with E-state index in [0.29, 0.717) is 11.7 Å². The predicted molar refractivity (Wildman–Crippen MR) is 63.5 cm³/mol. The van der Waals surface area contributed by atoms with Gasteiger partial charge in [-0.1, -0.05) is 5.16 Å². The van der Waals surface area contributed by atoms with Gasteiger partial charge in [-0.2, -0.15) is 0 Å². The van der Waals surface area contributed by atoms with Crippen LogP contribution in [0.2, 0.25) is 0 Å². The number of carbonyl (C=O) groups excluding carboxylic acids is 1. The number of hydrogen-bond acceptors (Lipinski definition) is 4. The zero-order valence-corrected chi connectivity index (χ0v) is 10.3. The average Bonchev–Trinajstić information content (AvgIpc) is 2.75. The van der Waals surface area contributed by atoms with E-state index in [2.05, 4.69) is 5.16 Å². The van der Waals surface area contributed by atoms with E-state index >= 15 is 0 Å². The average molecular weight is 237 g/mol. The molecule has 1 aliphatic heterocycles. The third-order valence-electron chi connectivity index (χ3n) is 3.33. The summed E-state index contributed by atoms with van der Waals surface area (Å²) in [6.07, 6.45) is 2.10. The van der Waals surface area contributed by atoms with Crippen LogP contribution in [0.25, 0.3) is 0 Å². The predicted octanol–water partition coefficient (Wildman–Crippen LogP) is 1.18. The van der Waals surface area contributed by atoms with E-state index < -0.39 is 0 Å². The zero-order chi connectivity index (χ0) is 12.4. The fraction of sp³-hybridized carbons (Fsp3) is 0.667. The maximum Gasteiger partial charge on any atom is 0.292 e. The van der Waals surface area contributed by atoms with Crippen molar-refractivity contribution in [3.8, 4) is 0 Å². The standard InChI is InChI=1S/C12H19N3O2/c1-8-6-11(17-14-8)12(16)15-5-3-4-10(7-15)9(2)13/h6,9-10H,3-5,7,13H2,1-2H3/t9-,10+/m1/s1. The number of piperidine rings is 1. The summed E-state index contributed by atoms with van der Waals surface area (Å²) in [5.74, 6) is 0.639. The summed E-state index contributed by atoms with van der Waals surface area (Å²) in [5, 5.41) is 3.74. The van der Waals surface area contributed by atoms with Crippen molar-refractivity contribution < 1.29 is 9.32 Å². The molecule has 0 spiro atoms. The van der Waals surface area contributed by atoms with Gasteiger partial charge in [-0.3, -0.25) is 4.79 Å². The van der Waals surface area contributed by atoms with E-state index in [9.17, 15) is 4.79 Å². The first-order chi connectivity index (χ1) is 8.08. The third-order valence-corrected chi connectivity index (χ3v) is 3.33. The highest BCUT2D eigenvalue weighted by molar-refractivity contribution is 5.91. The van der Waals surface area contributed by atoms with Crippen LogP contribution in [0, 0.1) is 12.8 Å². The number of rotatable bonds is 2. The molecule has 0 aliphatic carbocycles. The van der Waals surface area contributed by atoms with Crippen LogP contribution in [0.1, 0.15) is 36.0 Å². The quantitative estimate of drug-likeness (QED) is 0.838. The molecule has 1 fully saturated rings. The lowest BCUT2D eigenvalue weighted by atomic mass is 9.92. The molecule has 2 N–H and O–H groups in total. The minimum Gasteiger partial charge on any atom is -0.351 e. The molecule has 0 radical (unpaired) electrons. The normalized spacial score (nSPS) is 22.5. The molecular weight excluding hydrogens is 218 g/mol. The molecule has 2 rings (SSSR count). The molecule has 1 aromatic heterocycles. The first-order valence-corrected chi connectivity index (χ1v) is 6.06. The Morgan fingerprint density at radius 3 is 3.06 bits per heavy atom. The molecule has 2 heterocycles. The van der Waals surface area contributed by atoms with E-state index in [0.717, 1.165) is 31.6 Å². The SMILES string of the molecule is Cc1cc(C(=O)N2CCC[C@H]([C@@H](C)N)C2)on1. The summed E-state index contributed by atoms with van der Waals surface area (Å²) in [6.45, 7) is 5.30. The van der Waals surface area contributed by atoms with Crippen molar-refractivity contribution in [3.63, 3.8) is 0 Å². The molecule has 1 aliphatic rings. The minimum absolute atomic E-state index is 0.0732. The highest BCUT2D eigenvalue weighted by atomic mass is 16.5. The molecule has 0 unspecified atom stereocenters. The maximum atomic E-state index is 12.1. The number of hydrogen-bond donors (Lipinski definition) is 1. The molecular formula is C12H19N3O2. The minimum atomic E-state index is -0.0732. The largest absolute Gasteiger partial charge is 0.351 e. The van der Waals surface area contributed by atoms with E-state index in [4.69, 9.17) is 10.3 Å². The number of carbonyl (C=O) groups is 1. The summed E-state index contributed by atoms with van der Waals surface area (Å²) in [5.41, 5.74) is 6.63. The number of nitrogens with two attached hydrogens (primary N) is 1. The van der Waals surface area contributed by atoms with Crippen LogP contribution in [-0.4, -0.2) is 35.1 Å². The van der Waals surface area contributed by atoms with Gasteiger partial charge in [0.1, 0.15) is 0 Å². The zero-order valence-electron chi connectivity index (χ0n) is 10.3. The van der Waals surface area contributed by atoms with Gasteiger partial charge in [-0.05, 0) is 32.6 Å². The highest BCUT2D eigenvalue weighted by Gasteiger charge is 2.28. The van der Waals surface area contributed by atoms with Crippen molar-refractivity contribution in [2.75, 3.05) is 13.1 Å². The second kappa shape index (κ2) is 4.87. The fourth-order valence-electron chi connectivity index (χ4n) is 2.24. The van der Waals surface area contributed by atoms with Gasteiger partial charge in [0, 0.05) is 25.2 Å². The number of aryl methyl sites for hydroxylation is 1. The van der Waals surface area contributed by atoms with E-state index in [-0.39, 0.29) is 11.9 Å². The summed E-state index contributed by atoms with van der Waals surface area (Å²) < 4.78 is 5.00. The van der Waals surface area contributed by atoms with Crippen LogP contribution in [0.4, 0.5) is 0 Å². The molecule has 0 aromatic carbocycles. The first-order valence-electron chi connectivity index (χ1n) is 6.06. The van der Waals surface area contributed by atoms with Gasteiger partial charge < -0.3 is 15.2 Å². The molecule has 0 bridgehead atoms. The van der Waals surface area contributed by atoms with Crippen molar-refractivity contribution in [2.24, 2.45) is 11.7 Å². The molecule has 17 heavy (non-hydrogen) atoms. The third kappa shape index (κ3) is 2.66. The van der Waals surface area contributed by atoms with Crippen LogP contribution in [-0.2, 0) is 0 Å². The summed E-state index contributed by atoms with van der Waals surface area (Å²) >= 11 is 0. The summed E-state index contributed by atoms with van der Waals surface area (Å²) in [6, 6.07) is 1.81. The second-order valence-electron chi connectivity index (χ2n) is 4.85. The summed E-state index contributed by atoms with van der Waals surface area (Å²) in [4.78, 5) is 13.9. The van der Waals surface area contributed by atoms with Crippen molar-refractivity contribution >= 4 is 5.91 Å². The fourth-order valence-corrected chi connectivity index (χ4v) is 2.24. The van der Waals surface area contributed by atoms with E-state index in [1.807, 2.05) is 11.8 Å².